The maximum Gasteiger partial charge on any atom is 0.195 e. The minimum Gasteiger partial charge on any atom is -0.289 e. The zero-order valence-electron chi connectivity index (χ0n) is 11.3. The van der Waals surface area contributed by atoms with Gasteiger partial charge in [0.2, 0.25) is 0 Å². The normalized spacial score (nSPS) is 11.4. The molecule has 0 N–H and O–H groups in total. The Morgan fingerprint density at radius 2 is 1.55 bits per heavy atom. The predicted octanol–water partition coefficient (Wildman–Crippen LogP) is 5.21. The molecule has 0 amide bonds. The molecule has 0 aliphatic carbocycles. The van der Waals surface area contributed by atoms with Gasteiger partial charge in [0.1, 0.15) is 0 Å². The van der Waals surface area contributed by atoms with E-state index in [0.29, 0.717) is 31.7 Å². The smallest absolute Gasteiger partial charge is 0.195 e. The van der Waals surface area contributed by atoms with Crippen molar-refractivity contribution in [3.63, 3.8) is 0 Å². The summed E-state index contributed by atoms with van der Waals surface area (Å²) in [5.41, 5.74) is 1.41. The Labute approximate surface area is 135 Å². The van der Waals surface area contributed by atoms with E-state index in [1.54, 1.807) is 18.2 Å². The summed E-state index contributed by atoms with van der Waals surface area (Å²) >= 11 is 12.3. The second-order valence-electron chi connectivity index (χ2n) is 5.10. The SMILES string of the molecule is O=c1c2cc3ccccc3nc2ccc2c(Cl)c(Cl)ccc12. The third-order valence-electron chi connectivity index (χ3n) is 3.78. The molecule has 0 bridgehead atoms. The fraction of sp³-hybridized carbons (Fsp3) is 0. The van der Waals surface area contributed by atoms with E-state index in [9.17, 15) is 4.79 Å². The van der Waals surface area contributed by atoms with E-state index in [-0.39, 0.29) is 5.43 Å². The van der Waals surface area contributed by atoms with E-state index in [2.05, 4.69) is 4.98 Å². The molecule has 2 nitrogen and oxygen atoms in total. The van der Waals surface area contributed by atoms with Gasteiger partial charge in [-0.3, -0.25) is 4.79 Å². The van der Waals surface area contributed by atoms with E-state index >= 15 is 0 Å². The molecule has 0 spiro atoms. The first-order chi connectivity index (χ1) is 10.6. The van der Waals surface area contributed by atoms with Gasteiger partial charge in [-0.2, -0.15) is 0 Å². The first-order valence-electron chi connectivity index (χ1n) is 6.76. The van der Waals surface area contributed by atoms with Crippen molar-refractivity contribution in [1.82, 2.24) is 4.98 Å². The molecular formula is C18H9Cl2NO. The van der Waals surface area contributed by atoms with Crippen molar-refractivity contribution in [3.05, 3.63) is 74.9 Å². The summed E-state index contributed by atoms with van der Waals surface area (Å²) in [6.45, 7) is 0. The summed E-state index contributed by atoms with van der Waals surface area (Å²) in [6.07, 6.45) is 0. The number of aromatic nitrogens is 1. The average Bonchev–Trinajstić information content (AvgIpc) is 2.67. The van der Waals surface area contributed by atoms with Gasteiger partial charge < -0.3 is 0 Å². The highest BCUT2D eigenvalue weighted by atomic mass is 35.5. The number of fused-ring (bicyclic) bond motifs is 3. The Hall–Kier alpha value is -2.16. The lowest BCUT2D eigenvalue weighted by Crippen LogP contribution is -1.99. The second kappa shape index (κ2) is 4.94. The van der Waals surface area contributed by atoms with Crippen molar-refractivity contribution < 1.29 is 0 Å². The molecule has 0 atom stereocenters. The van der Waals surface area contributed by atoms with Gasteiger partial charge in [-0.1, -0.05) is 47.5 Å². The summed E-state index contributed by atoms with van der Waals surface area (Å²) in [6, 6.07) is 16.6. The van der Waals surface area contributed by atoms with Crippen LogP contribution in [0.15, 0.2) is 59.4 Å². The minimum absolute atomic E-state index is 0.0909. The summed E-state index contributed by atoms with van der Waals surface area (Å²) in [5.74, 6) is 0. The van der Waals surface area contributed by atoms with Crippen molar-refractivity contribution in [2.24, 2.45) is 0 Å². The first kappa shape index (κ1) is 13.5. The highest BCUT2D eigenvalue weighted by molar-refractivity contribution is 6.45. The van der Waals surface area contributed by atoms with Gasteiger partial charge in [-0.15, -0.1) is 0 Å². The topological polar surface area (TPSA) is 30.0 Å². The van der Waals surface area contributed by atoms with Gasteiger partial charge >= 0.3 is 0 Å². The van der Waals surface area contributed by atoms with Gasteiger partial charge in [0, 0.05) is 21.5 Å². The quantitative estimate of drug-likeness (QED) is 0.444. The molecule has 0 saturated carbocycles. The lowest BCUT2D eigenvalue weighted by Gasteiger charge is -1.99. The molecule has 0 fully saturated rings. The monoisotopic (exact) mass is 325 g/mol. The van der Waals surface area contributed by atoms with E-state index in [1.807, 2.05) is 36.4 Å². The van der Waals surface area contributed by atoms with Crippen LogP contribution in [0.1, 0.15) is 0 Å². The standard InChI is InChI=1S/C18H9Cl2NO/c19-14-7-5-12-11(17(14)20)6-8-16-13(18(12)22)9-10-3-1-2-4-15(10)21-16/h1-9H. The Kier molecular flexibility index (Phi) is 3.03. The first-order valence-corrected chi connectivity index (χ1v) is 7.51. The number of nitrogens with zero attached hydrogens (tertiary/aromatic N) is 1. The minimum atomic E-state index is -0.0909. The average molecular weight is 326 g/mol. The number of rotatable bonds is 0. The lowest BCUT2D eigenvalue weighted by atomic mass is 10.1. The maximum absolute atomic E-state index is 12.9. The highest BCUT2D eigenvalue weighted by Gasteiger charge is 2.09. The molecule has 0 aliphatic rings. The molecule has 22 heavy (non-hydrogen) atoms. The Bertz CT molecular complexity index is 1120. The molecule has 0 aliphatic heterocycles. The van der Waals surface area contributed by atoms with Crippen molar-refractivity contribution in [2.45, 2.75) is 0 Å². The molecule has 0 unspecified atom stereocenters. The van der Waals surface area contributed by atoms with Crippen LogP contribution in [0.3, 0.4) is 0 Å². The molecule has 4 heteroatoms. The number of hydrogen-bond acceptors (Lipinski definition) is 2. The third kappa shape index (κ3) is 1.96. The lowest BCUT2D eigenvalue weighted by molar-refractivity contribution is 1.50. The summed E-state index contributed by atoms with van der Waals surface area (Å²) in [4.78, 5) is 17.4. The summed E-state index contributed by atoms with van der Waals surface area (Å²) in [7, 11) is 0. The molecule has 0 saturated heterocycles. The van der Waals surface area contributed by atoms with E-state index in [0.717, 1.165) is 10.9 Å². The molecule has 3 aromatic carbocycles. The predicted molar refractivity (Wildman–Crippen MR) is 93.0 cm³/mol. The third-order valence-corrected chi connectivity index (χ3v) is 4.60. The van der Waals surface area contributed by atoms with Gasteiger partial charge in [0.15, 0.2) is 5.43 Å². The highest BCUT2D eigenvalue weighted by Crippen LogP contribution is 2.30. The van der Waals surface area contributed by atoms with E-state index < -0.39 is 0 Å². The van der Waals surface area contributed by atoms with Gasteiger partial charge in [-0.05, 0) is 30.3 Å². The van der Waals surface area contributed by atoms with Gasteiger partial charge in [0.25, 0.3) is 0 Å². The van der Waals surface area contributed by atoms with E-state index in [4.69, 9.17) is 23.2 Å². The molecule has 106 valence electrons. The van der Waals surface area contributed by atoms with Crippen LogP contribution in [0.25, 0.3) is 32.6 Å². The molecule has 4 aromatic rings. The van der Waals surface area contributed by atoms with Crippen LogP contribution < -0.4 is 5.43 Å². The zero-order chi connectivity index (χ0) is 15.3. The number of halogens is 2. The van der Waals surface area contributed by atoms with Crippen LogP contribution in [0.2, 0.25) is 10.0 Å². The summed E-state index contributed by atoms with van der Waals surface area (Å²) in [5, 5.41) is 3.52. The fourth-order valence-electron chi connectivity index (χ4n) is 2.67. The number of benzene rings is 2. The van der Waals surface area contributed by atoms with Crippen molar-refractivity contribution in [1.29, 1.82) is 0 Å². The van der Waals surface area contributed by atoms with Crippen LogP contribution in [0.4, 0.5) is 0 Å². The fourth-order valence-corrected chi connectivity index (χ4v) is 3.07. The molecule has 4 rings (SSSR count). The number of para-hydroxylation sites is 1. The van der Waals surface area contributed by atoms with Crippen molar-refractivity contribution >= 4 is 55.8 Å². The van der Waals surface area contributed by atoms with E-state index in [1.165, 1.54) is 0 Å². The molecular weight excluding hydrogens is 317 g/mol. The molecule has 0 radical (unpaired) electrons. The Morgan fingerprint density at radius 1 is 0.773 bits per heavy atom. The van der Waals surface area contributed by atoms with Crippen LogP contribution >= 0.6 is 23.2 Å². The van der Waals surface area contributed by atoms with Crippen molar-refractivity contribution in [2.75, 3.05) is 0 Å². The number of hydrogen-bond donors (Lipinski definition) is 0. The second-order valence-corrected chi connectivity index (χ2v) is 5.88. The Morgan fingerprint density at radius 3 is 2.41 bits per heavy atom. The molecule has 1 aromatic heterocycles. The van der Waals surface area contributed by atoms with Crippen LogP contribution in [-0.2, 0) is 0 Å². The Balaban J connectivity index is 2.29. The van der Waals surface area contributed by atoms with Gasteiger partial charge in [0.05, 0.1) is 21.1 Å². The van der Waals surface area contributed by atoms with Gasteiger partial charge in [-0.25, -0.2) is 4.98 Å². The van der Waals surface area contributed by atoms with Crippen molar-refractivity contribution in [3.8, 4) is 0 Å². The number of pyridine rings is 1. The molecule has 1 heterocycles. The summed E-state index contributed by atoms with van der Waals surface area (Å²) < 4.78 is 0. The van der Waals surface area contributed by atoms with Crippen LogP contribution in [0, 0.1) is 0 Å². The zero-order valence-corrected chi connectivity index (χ0v) is 12.8. The largest absolute Gasteiger partial charge is 0.289 e. The maximum atomic E-state index is 12.9. The van der Waals surface area contributed by atoms with Crippen LogP contribution in [-0.4, -0.2) is 4.98 Å². The van der Waals surface area contributed by atoms with Crippen LogP contribution in [0.5, 0.6) is 0 Å².